The second kappa shape index (κ2) is 8.93. The van der Waals surface area contributed by atoms with Crippen molar-refractivity contribution in [2.45, 2.75) is 38.2 Å². The number of thioether (sulfide) groups is 1. The maximum absolute atomic E-state index is 12.4. The first-order valence-electron chi connectivity index (χ1n) is 9.07. The van der Waals surface area contributed by atoms with E-state index in [-0.39, 0.29) is 11.2 Å². The van der Waals surface area contributed by atoms with Crippen LogP contribution in [0.25, 0.3) is 11.5 Å². The number of nitrogens with one attached hydrogen (secondary N) is 1. The van der Waals surface area contributed by atoms with Crippen LogP contribution in [0.5, 0.6) is 5.75 Å². The Balaban J connectivity index is 1.61. The summed E-state index contributed by atoms with van der Waals surface area (Å²) in [4.78, 5) is 12.4. The summed E-state index contributed by atoms with van der Waals surface area (Å²) in [6, 6.07) is 13.3. The highest BCUT2D eigenvalue weighted by Crippen LogP contribution is 2.28. The average molecular weight is 398 g/mol. The first-order valence-corrected chi connectivity index (χ1v) is 9.95. The van der Waals surface area contributed by atoms with E-state index >= 15 is 0 Å². The number of anilines is 1. The molecule has 0 aliphatic carbocycles. The molecule has 0 saturated heterocycles. The number of nitrogens with zero attached hydrogens (tertiary/aromatic N) is 2. The molecule has 0 bridgehead atoms. The third-order valence-electron chi connectivity index (χ3n) is 4.24. The van der Waals surface area contributed by atoms with Gasteiger partial charge in [0.2, 0.25) is 11.8 Å². The number of hydrogen-bond acceptors (Lipinski definition) is 6. The molecule has 3 aromatic rings. The van der Waals surface area contributed by atoms with Gasteiger partial charge in [-0.3, -0.25) is 4.79 Å². The normalized spacial score (nSPS) is 11.9. The Bertz CT molecular complexity index is 954. The lowest BCUT2D eigenvalue weighted by Gasteiger charge is -2.10. The molecule has 146 valence electrons. The van der Waals surface area contributed by atoms with Crippen molar-refractivity contribution >= 4 is 23.4 Å². The van der Waals surface area contributed by atoms with Crippen molar-refractivity contribution < 1.29 is 13.9 Å². The second-order valence-corrected chi connectivity index (χ2v) is 7.67. The summed E-state index contributed by atoms with van der Waals surface area (Å²) in [6.07, 6.45) is 0. The van der Waals surface area contributed by atoms with E-state index in [4.69, 9.17) is 9.15 Å². The van der Waals surface area contributed by atoms with Crippen LogP contribution in [0.4, 0.5) is 5.69 Å². The summed E-state index contributed by atoms with van der Waals surface area (Å²) < 4.78 is 11.1. The zero-order valence-corrected chi connectivity index (χ0v) is 17.2. The molecule has 1 atom stereocenters. The van der Waals surface area contributed by atoms with E-state index in [1.807, 2.05) is 56.3 Å². The van der Waals surface area contributed by atoms with E-state index < -0.39 is 0 Å². The highest BCUT2D eigenvalue weighted by atomic mass is 32.2. The predicted octanol–water partition coefficient (Wildman–Crippen LogP) is 4.87. The maximum Gasteiger partial charge on any atom is 0.277 e. The van der Waals surface area contributed by atoms with E-state index in [1.54, 1.807) is 6.92 Å². The Morgan fingerprint density at radius 3 is 2.57 bits per heavy atom. The first-order chi connectivity index (χ1) is 13.5. The van der Waals surface area contributed by atoms with E-state index in [1.165, 1.54) is 17.3 Å². The standard InChI is InChI=1S/C21H23N3O3S/c1-5-26-18-10-8-17(9-11-18)22-19(25)15(4)28-21-24-23-20(27-21)16-7-6-13(2)14(3)12-16/h6-12,15H,5H2,1-4H3,(H,22,25)/t15-/m1/s1. The van der Waals surface area contributed by atoms with E-state index in [0.717, 1.165) is 16.9 Å². The van der Waals surface area contributed by atoms with Crippen molar-refractivity contribution in [3.05, 3.63) is 53.6 Å². The molecule has 0 fully saturated rings. The molecule has 0 saturated carbocycles. The van der Waals surface area contributed by atoms with Crippen molar-refractivity contribution in [2.24, 2.45) is 0 Å². The average Bonchev–Trinajstić information content (AvgIpc) is 3.14. The van der Waals surface area contributed by atoms with Crippen LogP contribution in [0.15, 0.2) is 52.1 Å². The molecule has 0 aliphatic rings. The Hall–Kier alpha value is -2.80. The van der Waals surface area contributed by atoms with Crippen LogP contribution >= 0.6 is 11.8 Å². The topological polar surface area (TPSA) is 77.2 Å². The summed E-state index contributed by atoms with van der Waals surface area (Å²) in [6.45, 7) is 8.43. The van der Waals surface area contributed by atoms with Crippen LogP contribution in [-0.4, -0.2) is 28.0 Å². The predicted molar refractivity (Wildman–Crippen MR) is 111 cm³/mol. The molecule has 0 spiro atoms. The van der Waals surface area contributed by atoms with Gasteiger partial charge in [0.25, 0.3) is 5.22 Å². The van der Waals surface area contributed by atoms with Gasteiger partial charge >= 0.3 is 0 Å². The van der Waals surface area contributed by atoms with Gasteiger partial charge in [0.15, 0.2) is 0 Å². The maximum atomic E-state index is 12.4. The SMILES string of the molecule is CCOc1ccc(NC(=O)[C@@H](C)Sc2nnc(-c3ccc(C)c(C)c3)o2)cc1. The van der Waals surface area contributed by atoms with Gasteiger partial charge in [-0.2, -0.15) is 0 Å². The molecule has 28 heavy (non-hydrogen) atoms. The highest BCUT2D eigenvalue weighted by Gasteiger charge is 2.19. The smallest absolute Gasteiger partial charge is 0.277 e. The van der Waals surface area contributed by atoms with Crippen LogP contribution in [0.1, 0.15) is 25.0 Å². The summed E-state index contributed by atoms with van der Waals surface area (Å²) >= 11 is 1.23. The Morgan fingerprint density at radius 1 is 1.14 bits per heavy atom. The van der Waals surface area contributed by atoms with E-state index in [9.17, 15) is 4.79 Å². The van der Waals surface area contributed by atoms with Crippen LogP contribution in [0, 0.1) is 13.8 Å². The fourth-order valence-electron chi connectivity index (χ4n) is 2.50. The summed E-state index contributed by atoms with van der Waals surface area (Å²) in [5.74, 6) is 1.08. The molecule has 1 amide bonds. The zero-order chi connectivity index (χ0) is 20.1. The molecule has 0 radical (unpaired) electrons. The van der Waals surface area contributed by atoms with E-state index in [0.29, 0.717) is 23.4 Å². The molecular weight excluding hydrogens is 374 g/mol. The number of amides is 1. The monoisotopic (exact) mass is 397 g/mol. The number of rotatable bonds is 7. The third kappa shape index (κ3) is 4.92. The quantitative estimate of drug-likeness (QED) is 0.573. The molecule has 0 aliphatic heterocycles. The minimum atomic E-state index is -0.389. The van der Waals surface area contributed by atoms with Crippen LogP contribution < -0.4 is 10.1 Å². The molecular formula is C21H23N3O3S. The van der Waals surface area contributed by atoms with Crippen molar-refractivity contribution in [2.75, 3.05) is 11.9 Å². The molecule has 2 aromatic carbocycles. The number of hydrogen-bond donors (Lipinski definition) is 1. The van der Waals surface area contributed by atoms with Gasteiger partial charge in [0, 0.05) is 11.3 Å². The molecule has 1 aromatic heterocycles. The van der Waals surface area contributed by atoms with Crippen molar-refractivity contribution in [3.8, 4) is 17.2 Å². The van der Waals surface area contributed by atoms with Crippen LogP contribution in [0.3, 0.4) is 0 Å². The van der Waals surface area contributed by atoms with E-state index in [2.05, 4.69) is 22.4 Å². The molecule has 3 rings (SSSR count). The lowest BCUT2D eigenvalue weighted by atomic mass is 10.1. The number of carbonyl (C=O) groups is 1. The van der Waals surface area contributed by atoms with Gasteiger partial charge in [-0.1, -0.05) is 17.8 Å². The number of carbonyl (C=O) groups excluding carboxylic acids is 1. The highest BCUT2D eigenvalue weighted by molar-refractivity contribution is 8.00. The summed E-state index contributed by atoms with van der Waals surface area (Å²) in [5.41, 5.74) is 3.95. The minimum absolute atomic E-state index is 0.139. The van der Waals surface area contributed by atoms with Crippen molar-refractivity contribution in [3.63, 3.8) is 0 Å². The number of benzene rings is 2. The van der Waals surface area contributed by atoms with Gasteiger partial charge in [-0.05, 0) is 75.2 Å². The van der Waals surface area contributed by atoms with Gasteiger partial charge in [-0.25, -0.2) is 0 Å². The van der Waals surface area contributed by atoms with Crippen molar-refractivity contribution in [1.82, 2.24) is 10.2 Å². The molecule has 6 nitrogen and oxygen atoms in total. The number of ether oxygens (including phenoxy) is 1. The second-order valence-electron chi connectivity index (χ2n) is 6.38. The lowest BCUT2D eigenvalue weighted by Crippen LogP contribution is -2.22. The molecule has 1 N–H and O–H groups in total. The van der Waals surface area contributed by atoms with Gasteiger partial charge < -0.3 is 14.5 Å². The van der Waals surface area contributed by atoms with Gasteiger partial charge in [-0.15, -0.1) is 10.2 Å². The van der Waals surface area contributed by atoms with Gasteiger partial charge in [0.1, 0.15) is 5.75 Å². The Labute approximate surface area is 168 Å². The third-order valence-corrected chi connectivity index (χ3v) is 5.17. The van der Waals surface area contributed by atoms with Crippen LogP contribution in [0.2, 0.25) is 0 Å². The largest absolute Gasteiger partial charge is 0.494 e. The molecule has 0 unspecified atom stereocenters. The van der Waals surface area contributed by atoms with Crippen molar-refractivity contribution in [1.29, 1.82) is 0 Å². The Kier molecular flexibility index (Phi) is 6.36. The first kappa shape index (κ1) is 19.9. The Morgan fingerprint density at radius 2 is 1.89 bits per heavy atom. The minimum Gasteiger partial charge on any atom is -0.494 e. The molecule has 7 heteroatoms. The fourth-order valence-corrected chi connectivity index (χ4v) is 3.18. The number of aryl methyl sites for hydroxylation is 2. The zero-order valence-electron chi connectivity index (χ0n) is 16.4. The summed E-state index contributed by atoms with van der Waals surface area (Å²) in [7, 11) is 0. The fraction of sp³-hybridized carbons (Fsp3) is 0.286. The van der Waals surface area contributed by atoms with Gasteiger partial charge in [0.05, 0.1) is 11.9 Å². The lowest BCUT2D eigenvalue weighted by molar-refractivity contribution is -0.115. The van der Waals surface area contributed by atoms with Crippen LogP contribution in [-0.2, 0) is 4.79 Å². The summed E-state index contributed by atoms with van der Waals surface area (Å²) in [5, 5.41) is 11.0. The molecule has 1 heterocycles. The number of aromatic nitrogens is 2.